The predicted octanol–water partition coefficient (Wildman–Crippen LogP) is 1.95. The third kappa shape index (κ3) is 3.63. The monoisotopic (exact) mass is 112 g/mol. The molecule has 0 atom stereocenters. The van der Waals surface area contributed by atoms with Crippen molar-refractivity contribution < 1.29 is 4.79 Å². The van der Waals surface area contributed by atoms with Gasteiger partial charge in [-0.05, 0) is 19.8 Å². The van der Waals surface area contributed by atoms with Crippen molar-refractivity contribution >= 4 is 5.94 Å². The van der Waals surface area contributed by atoms with Gasteiger partial charge in [-0.1, -0.05) is 13.3 Å². The lowest BCUT2D eigenvalue weighted by Gasteiger charge is -1.89. The highest BCUT2D eigenvalue weighted by atomic mass is 16.1. The summed E-state index contributed by atoms with van der Waals surface area (Å²) in [5.74, 6) is 1.87. The van der Waals surface area contributed by atoms with Gasteiger partial charge in [0.2, 0.25) is 0 Å². The Kier molecular flexibility index (Phi) is 4.29. The molecule has 0 saturated heterocycles. The largest absolute Gasteiger partial charge is 0.234 e. The second-order valence-electron chi connectivity index (χ2n) is 1.99. The van der Waals surface area contributed by atoms with Gasteiger partial charge in [-0.2, -0.15) is 0 Å². The molecule has 0 spiro atoms. The number of carbonyl (C=O) groups excluding carboxylic acids is 1. The first kappa shape index (κ1) is 7.45. The Hall–Kier alpha value is -0.550. The van der Waals surface area contributed by atoms with Crippen LogP contribution in [0.3, 0.4) is 0 Å². The van der Waals surface area contributed by atoms with E-state index in [0.29, 0.717) is 0 Å². The Morgan fingerprint density at radius 3 is 2.62 bits per heavy atom. The molecule has 0 aliphatic carbocycles. The lowest BCUT2D eigenvalue weighted by atomic mass is 10.2. The number of allylic oxidation sites excluding steroid dienone is 1. The molecule has 8 heavy (non-hydrogen) atoms. The van der Waals surface area contributed by atoms with Crippen LogP contribution in [0.5, 0.6) is 0 Å². The van der Waals surface area contributed by atoms with Gasteiger partial charge in [-0.15, -0.1) is 0 Å². The molecule has 0 aromatic rings. The summed E-state index contributed by atoms with van der Waals surface area (Å²) >= 11 is 0. The molecular formula is C7H12O. The molecule has 0 rings (SSSR count). The molecule has 0 aliphatic rings. The second kappa shape index (κ2) is 4.61. The zero-order chi connectivity index (χ0) is 6.41. The Morgan fingerprint density at radius 2 is 2.25 bits per heavy atom. The van der Waals surface area contributed by atoms with Crippen LogP contribution in [0.1, 0.15) is 33.1 Å². The van der Waals surface area contributed by atoms with Gasteiger partial charge in [0.15, 0.2) is 0 Å². The van der Waals surface area contributed by atoms with E-state index in [0.717, 1.165) is 24.8 Å². The van der Waals surface area contributed by atoms with Gasteiger partial charge < -0.3 is 0 Å². The molecule has 1 heteroatoms. The van der Waals surface area contributed by atoms with E-state index in [1.165, 1.54) is 0 Å². The normalized spacial score (nSPS) is 8.25. The smallest absolute Gasteiger partial charge is 0.123 e. The number of hydrogen-bond acceptors (Lipinski definition) is 1. The van der Waals surface area contributed by atoms with E-state index >= 15 is 0 Å². The van der Waals surface area contributed by atoms with Crippen LogP contribution < -0.4 is 0 Å². The van der Waals surface area contributed by atoms with Gasteiger partial charge in [0.1, 0.15) is 5.94 Å². The molecule has 0 aromatic heterocycles. The van der Waals surface area contributed by atoms with E-state index in [1.54, 1.807) is 0 Å². The fourth-order valence-electron chi connectivity index (χ4n) is 0.493. The third-order valence-electron chi connectivity index (χ3n) is 1.08. The van der Waals surface area contributed by atoms with Crippen LogP contribution in [0.15, 0.2) is 5.57 Å². The lowest BCUT2D eigenvalue weighted by molar-refractivity contribution is 0.565. The van der Waals surface area contributed by atoms with Crippen molar-refractivity contribution in [1.29, 1.82) is 0 Å². The molecule has 0 bridgehead atoms. The molecule has 0 saturated carbocycles. The molecular weight excluding hydrogens is 100 g/mol. The molecule has 0 radical (unpaired) electrons. The summed E-state index contributed by atoms with van der Waals surface area (Å²) in [6.07, 6.45) is 3.18. The van der Waals surface area contributed by atoms with E-state index in [4.69, 9.17) is 0 Å². The van der Waals surface area contributed by atoms with E-state index in [1.807, 2.05) is 12.9 Å². The molecule has 1 nitrogen and oxygen atoms in total. The van der Waals surface area contributed by atoms with Crippen molar-refractivity contribution in [3.05, 3.63) is 5.57 Å². The number of rotatable bonds is 3. The van der Waals surface area contributed by atoms with Gasteiger partial charge >= 0.3 is 0 Å². The molecule has 0 amide bonds. The van der Waals surface area contributed by atoms with Crippen molar-refractivity contribution in [2.75, 3.05) is 0 Å². The van der Waals surface area contributed by atoms with Crippen molar-refractivity contribution in [2.24, 2.45) is 0 Å². The van der Waals surface area contributed by atoms with Gasteiger partial charge in [-0.25, -0.2) is 4.79 Å². The molecule has 0 unspecified atom stereocenters. The Labute approximate surface area is 50.4 Å². The Balaban J connectivity index is 3.26. The average molecular weight is 112 g/mol. The fraction of sp³-hybridized carbons (Fsp3) is 0.714. The molecule has 0 fully saturated rings. The molecule has 0 N–H and O–H groups in total. The maximum absolute atomic E-state index is 9.85. The van der Waals surface area contributed by atoms with E-state index in [-0.39, 0.29) is 0 Å². The Morgan fingerprint density at radius 1 is 1.62 bits per heavy atom. The van der Waals surface area contributed by atoms with E-state index in [9.17, 15) is 4.79 Å². The standard InChI is InChI=1S/C7H12O/c1-3-4-5-7(2)6-8/h3-5H2,1-2H3. The SMILES string of the molecule is CCCCC(C)=C=O. The van der Waals surface area contributed by atoms with Crippen molar-refractivity contribution in [3.8, 4) is 0 Å². The quantitative estimate of drug-likeness (QED) is 0.510. The minimum absolute atomic E-state index is 0.840. The summed E-state index contributed by atoms with van der Waals surface area (Å²) in [6, 6.07) is 0. The van der Waals surface area contributed by atoms with Crippen LogP contribution in [0.4, 0.5) is 0 Å². The first-order valence-corrected chi connectivity index (χ1v) is 3.01. The highest BCUT2D eigenvalue weighted by Crippen LogP contribution is 2.00. The van der Waals surface area contributed by atoms with Crippen LogP contribution in [0, 0.1) is 0 Å². The van der Waals surface area contributed by atoms with Crippen LogP contribution >= 0.6 is 0 Å². The summed E-state index contributed by atoms with van der Waals surface area (Å²) in [4.78, 5) is 9.85. The summed E-state index contributed by atoms with van der Waals surface area (Å²) in [7, 11) is 0. The van der Waals surface area contributed by atoms with Crippen molar-refractivity contribution in [2.45, 2.75) is 33.1 Å². The molecule has 0 aromatic carbocycles. The molecule has 46 valence electrons. The van der Waals surface area contributed by atoms with E-state index < -0.39 is 0 Å². The first-order chi connectivity index (χ1) is 3.81. The maximum Gasteiger partial charge on any atom is 0.123 e. The highest BCUT2D eigenvalue weighted by molar-refractivity contribution is 5.50. The van der Waals surface area contributed by atoms with Gasteiger partial charge in [0, 0.05) is 5.57 Å². The predicted molar refractivity (Wildman–Crippen MR) is 34.4 cm³/mol. The van der Waals surface area contributed by atoms with Gasteiger partial charge in [0.05, 0.1) is 0 Å². The molecule has 0 heterocycles. The topological polar surface area (TPSA) is 17.1 Å². The van der Waals surface area contributed by atoms with Crippen molar-refractivity contribution in [3.63, 3.8) is 0 Å². The van der Waals surface area contributed by atoms with E-state index in [2.05, 4.69) is 6.92 Å². The van der Waals surface area contributed by atoms with Crippen LogP contribution in [-0.4, -0.2) is 5.94 Å². The number of hydrogen-bond donors (Lipinski definition) is 0. The average Bonchev–Trinajstić information content (AvgIpc) is 1.83. The van der Waals surface area contributed by atoms with Crippen LogP contribution in [-0.2, 0) is 4.79 Å². The van der Waals surface area contributed by atoms with Gasteiger partial charge in [-0.3, -0.25) is 0 Å². The van der Waals surface area contributed by atoms with Crippen LogP contribution in [0.25, 0.3) is 0 Å². The Bertz CT molecular complexity index is 99.0. The summed E-state index contributed by atoms with van der Waals surface area (Å²) in [6.45, 7) is 3.93. The number of unbranched alkanes of at least 4 members (excludes halogenated alkanes) is 1. The molecule has 0 aliphatic heterocycles. The maximum atomic E-state index is 9.85. The summed E-state index contributed by atoms with van der Waals surface area (Å²) < 4.78 is 0. The summed E-state index contributed by atoms with van der Waals surface area (Å²) in [5, 5.41) is 0. The second-order valence-corrected chi connectivity index (χ2v) is 1.99. The van der Waals surface area contributed by atoms with Crippen LogP contribution in [0.2, 0.25) is 0 Å². The zero-order valence-electron chi connectivity index (χ0n) is 5.53. The third-order valence-corrected chi connectivity index (χ3v) is 1.08. The summed E-state index contributed by atoms with van der Waals surface area (Å²) in [5.41, 5.74) is 0.840. The zero-order valence-corrected chi connectivity index (χ0v) is 5.53. The first-order valence-electron chi connectivity index (χ1n) is 3.01. The lowest BCUT2D eigenvalue weighted by Crippen LogP contribution is -1.75. The minimum Gasteiger partial charge on any atom is -0.234 e. The van der Waals surface area contributed by atoms with Crippen molar-refractivity contribution in [1.82, 2.24) is 0 Å². The highest BCUT2D eigenvalue weighted by Gasteiger charge is 1.86. The minimum atomic E-state index is 0.840. The van der Waals surface area contributed by atoms with Gasteiger partial charge in [0.25, 0.3) is 0 Å². The fourth-order valence-corrected chi connectivity index (χ4v) is 0.493.